The average Bonchev–Trinajstić information content (AvgIpc) is 3.74. The van der Waals surface area contributed by atoms with E-state index in [1.807, 2.05) is 72.4 Å². The molecule has 2 atom stereocenters. The molecule has 2 unspecified atom stereocenters. The van der Waals surface area contributed by atoms with Crippen molar-refractivity contribution in [3.8, 4) is 0 Å². The normalized spacial score (nSPS) is 16.4. The molecule has 3 N–H and O–H groups in total. The largest absolute Gasteiger partial charge is 0.481 e. The highest BCUT2D eigenvalue weighted by Gasteiger charge is 2.44. The van der Waals surface area contributed by atoms with Gasteiger partial charge in [0, 0.05) is 21.4 Å². The first kappa shape index (κ1) is 30.3. The minimum Gasteiger partial charge on any atom is -0.481 e. The number of pyridine rings is 1. The lowest BCUT2D eigenvalue weighted by Crippen LogP contribution is -2.27. The molecule has 1 aliphatic rings. The van der Waals surface area contributed by atoms with Crippen LogP contribution in [0.2, 0.25) is 5.02 Å². The van der Waals surface area contributed by atoms with Crippen LogP contribution in [0.25, 0.3) is 23.1 Å². The molecule has 1 aromatic heterocycles. The van der Waals surface area contributed by atoms with Crippen molar-refractivity contribution < 1.29 is 20.1 Å². The number of carboxylic acid groups (broad SMARTS) is 1. The Bertz CT molecular complexity index is 1600. The molecule has 3 aromatic carbocycles. The van der Waals surface area contributed by atoms with Gasteiger partial charge in [0.05, 0.1) is 24.2 Å². The number of fused-ring (bicyclic) bond motifs is 1. The van der Waals surface area contributed by atoms with Gasteiger partial charge in [-0.15, -0.1) is 0 Å². The number of halogens is 1. The van der Waals surface area contributed by atoms with Gasteiger partial charge in [-0.3, -0.25) is 4.79 Å². The Labute approximate surface area is 256 Å². The second-order valence-electron chi connectivity index (χ2n) is 11.6. The van der Waals surface area contributed by atoms with E-state index in [9.17, 15) is 20.1 Å². The minimum atomic E-state index is -1.31. The molecule has 1 aliphatic carbocycles. The lowest BCUT2D eigenvalue weighted by molar-refractivity contribution is -0.138. The lowest BCUT2D eigenvalue weighted by Gasteiger charge is -2.25. The minimum absolute atomic E-state index is 0.116. The predicted molar refractivity (Wildman–Crippen MR) is 173 cm³/mol. The average molecular weight is 602 g/mol. The number of thioether (sulfide) groups is 1. The van der Waals surface area contributed by atoms with Gasteiger partial charge in [-0.2, -0.15) is 11.8 Å². The summed E-state index contributed by atoms with van der Waals surface area (Å²) in [5.41, 5.74) is 4.25. The first-order chi connectivity index (χ1) is 20.2. The number of aromatic nitrogens is 1. The van der Waals surface area contributed by atoms with E-state index in [-0.39, 0.29) is 23.7 Å². The summed E-state index contributed by atoms with van der Waals surface area (Å²) in [6, 6.07) is 25.9. The van der Waals surface area contributed by atoms with Gasteiger partial charge in [0.2, 0.25) is 0 Å². The standard InChI is InChI=1S/C35H36ClNO4S/c1-34(41,22-38)30-8-3-2-6-25(30)12-16-32(42-23-35(17-18-35)21-33(39)40)27-7-4-5-24(19-27)9-14-29-15-11-26-10-13-28(36)20-31(26)37-29/h2-11,13-15,19-20,32,38,41H,12,16-18,21-23H2,1H3,(H,39,40). The summed E-state index contributed by atoms with van der Waals surface area (Å²) in [6.07, 6.45) is 7.71. The lowest BCUT2D eigenvalue weighted by atomic mass is 9.89. The number of carbonyl (C=O) groups is 1. The number of aryl methyl sites for hydroxylation is 1. The molecule has 1 fully saturated rings. The van der Waals surface area contributed by atoms with Crippen LogP contribution in [0.15, 0.2) is 78.9 Å². The number of hydrogen-bond donors (Lipinski definition) is 3. The third kappa shape index (κ3) is 7.61. The number of benzene rings is 3. The Morgan fingerprint density at radius 2 is 1.86 bits per heavy atom. The summed E-state index contributed by atoms with van der Waals surface area (Å²) in [7, 11) is 0. The molecular formula is C35H36ClNO4S. The van der Waals surface area contributed by atoms with Crippen molar-refractivity contribution in [2.24, 2.45) is 5.41 Å². The number of nitrogens with zero attached hydrogens (tertiary/aromatic N) is 1. The molecule has 5 rings (SSSR count). The van der Waals surface area contributed by atoms with E-state index in [2.05, 4.69) is 30.3 Å². The summed E-state index contributed by atoms with van der Waals surface area (Å²) in [6.45, 7) is 1.28. The van der Waals surface area contributed by atoms with Crippen LogP contribution in [0.5, 0.6) is 0 Å². The second kappa shape index (κ2) is 13.0. The maximum absolute atomic E-state index is 11.5. The van der Waals surface area contributed by atoms with Crippen molar-refractivity contribution in [1.82, 2.24) is 4.98 Å². The Hall–Kier alpha value is -3.16. The van der Waals surface area contributed by atoms with E-state index in [4.69, 9.17) is 16.6 Å². The Balaban J connectivity index is 1.38. The fourth-order valence-electron chi connectivity index (χ4n) is 5.37. The van der Waals surface area contributed by atoms with Crippen LogP contribution < -0.4 is 0 Å². The van der Waals surface area contributed by atoms with Crippen LogP contribution in [0.4, 0.5) is 0 Å². The summed E-state index contributed by atoms with van der Waals surface area (Å²) < 4.78 is 0. The first-order valence-electron chi connectivity index (χ1n) is 14.3. The van der Waals surface area contributed by atoms with E-state index in [1.54, 1.807) is 6.92 Å². The Morgan fingerprint density at radius 3 is 2.62 bits per heavy atom. The number of hydrogen-bond acceptors (Lipinski definition) is 5. The SMILES string of the molecule is CC(O)(CO)c1ccccc1CCC(SCC1(CC(=O)O)CC1)c1cccc(C=Cc2ccc3ccc(Cl)cc3n2)c1. The van der Waals surface area contributed by atoms with Gasteiger partial charge in [-0.25, -0.2) is 4.98 Å². The van der Waals surface area contributed by atoms with Gasteiger partial charge < -0.3 is 15.3 Å². The fourth-order valence-corrected chi connectivity index (χ4v) is 7.11. The van der Waals surface area contributed by atoms with Crippen molar-refractivity contribution in [1.29, 1.82) is 0 Å². The van der Waals surface area contributed by atoms with E-state index >= 15 is 0 Å². The highest BCUT2D eigenvalue weighted by molar-refractivity contribution is 7.99. The molecular weight excluding hydrogens is 566 g/mol. The van der Waals surface area contributed by atoms with Gasteiger partial charge in [0.1, 0.15) is 5.60 Å². The molecule has 0 saturated heterocycles. The van der Waals surface area contributed by atoms with Crippen LogP contribution in [-0.2, 0) is 16.8 Å². The van der Waals surface area contributed by atoms with Gasteiger partial charge >= 0.3 is 5.97 Å². The summed E-state index contributed by atoms with van der Waals surface area (Å²) in [5.74, 6) is 0.0605. The van der Waals surface area contributed by atoms with Crippen molar-refractivity contribution in [2.45, 2.75) is 49.9 Å². The topological polar surface area (TPSA) is 90.7 Å². The van der Waals surface area contributed by atoms with Gasteiger partial charge in [-0.05, 0) is 84.6 Å². The highest BCUT2D eigenvalue weighted by atomic mass is 35.5. The molecule has 218 valence electrons. The number of aliphatic hydroxyl groups is 2. The summed E-state index contributed by atoms with van der Waals surface area (Å²) in [5, 5.41) is 31.9. The van der Waals surface area contributed by atoms with Gasteiger partial charge in [0.25, 0.3) is 0 Å². The van der Waals surface area contributed by atoms with Crippen LogP contribution in [-0.4, -0.2) is 38.6 Å². The maximum Gasteiger partial charge on any atom is 0.303 e. The molecule has 5 nitrogen and oxygen atoms in total. The molecule has 7 heteroatoms. The molecule has 4 aromatic rings. The molecule has 0 bridgehead atoms. The summed E-state index contributed by atoms with van der Waals surface area (Å²) in [4.78, 5) is 16.2. The number of aliphatic carboxylic acids is 1. The van der Waals surface area contributed by atoms with Crippen molar-refractivity contribution in [3.63, 3.8) is 0 Å². The zero-order valence-corrected chi connectivity index (χ0v) is 25.2. The number of aliphatic hydroxyl groups excluding tert-OH is 1. The van der Waals surface area contributed by atoms with Gasteiger partial charge in [-0.1, -0.05) is 78.3 Å². The zero-order chi connectivity index (χ0) is 29.7. The Kier molecular flexibility index (Phi) is 9.38. The van der Waals surface area contributed by atoms with E-state index in [0.717, 1.165) is 64.7 Å². The highest BCUT2D eigenvalue weighted by Crippen LogP contribution is 2.53. The molecule has 42 heavy (non-hydrogen) atoms. The van der Waals surface area contributed by atoms with E-state index in [0.29, 0.717) is 5.02 Å². The third-order valence-electron chi connectivity index (χ3n) is 8.06. The molecule has 1 saturated carbocycles. The zero-order valence-electron chi connectivity index (χ0n) is 23.7. The first-order valence-corrected chi connectivity index (χ1v) is 15.7. The third-order valence-corrected chi connectivity index (χ3v) is 9.98. The smallest absolute Gasteiger partial charge is 0.303 e. The number of carboxylic acids is 1. The van der Waals surface area contributed by atoms with Crippen molar-refractivity contribution >= 4 is 52.4 Å². The van der Waals surface area contributed by atoms with Crippen molar-refractivity contribution in [3.05, 3.63) is 112 Å². The second-order valence-corrected chi connectivity index (χ2v) is 13.2. The van der Waals surface area contributed by atoms with Gasteiger partial charge in [0.15, 0.2) is 0 Å². The van der Waals surface area contributed by atoms with Crippen LogP contribution in [0.1, 0.15) is 65.8 Å². The number of rotatable bonds is 13. The quantitative estimate of drug-likeness (QED) is 0.144. The summed E-state index contributed by atoms with van der Waals surface area (Å²) >= 11 is 7.99. The van der Waals surface area contributed by atoms with Crippen LogP contribution in [0.3, 0.4) is 0 Å². The van der Waals surface area contributed by atoms with Crippen LogP contribution >= 0.6 is 23.4 Å². The Morgan fingerprint density at radius 1 is 1.07 bits per heavy atom. The van der Waals surface area contributed by atoms with Crippen molar-refractivity contribution in [2.75, 3.05) is 12.4 Å². The fraction of sp³-hybridized carbons (Fsp3) is 0.314. The van der Waals surface area contributed by atoms with E-state index < -0.39 is 11.6 Å². The van der Waals surface area contributed by atoms with E-state index in [1.165, 1.54) is 5.56 Å². The maximum atomic E-state index is 11.5. The monoisotopic (exact) mass is 601 g/mol. The molecule has 0 spiro atoms. The molecule has 0 amide bonds. The molecule has 1 heterocycles. The predicted octanol–water partition coefficient (Wildman–Crippen LogP) is 7.92. The molecule has 0 aliphatic heterocycles. The molecule has 0 radical (unpaired) electrons. The van der Waals surface area contributed by atoms with Crippen LogP contribution in [0, 0.1) is 5.41 Å².